The lowest BCUT2D eigenvalue weighted by Crippen LogP contribution is -2.15. The molecule has 0 N–H and O–H groups in total. The van der Waals surface area contributed by atoms with E-state index >= 15 is 0 Å². The summed E-state index contributed by atoms with van der Waals surface area (Å²) in [6, 6.07) is 12.8. The molecule has 0 aliphatic rings. The normalized spacial score (nSPS) is 9.67. The number of nitro benzene ring substituents is 1. The van der Waals surface area contributed by atoms with Gasteiger partial charge in [0.2, 0.25) is 11.6 Å². The van der Waals surface area contributed by atoms with Crippen molar-refractivity contribution in [3.63, 3.8) is 0 Å². The van der Waals surface area contributed by atoms with Gasteiger partial charge in [0, 0.05) is 23.3 Å². The van der Waals surface area contributed by atoms with E-state index in [2.05, 4.69) is 0 Å². The van der Waals surface area contributed by atoms with E-state index in [1.165, 1.54) is 12.1 Å². The van der Waals surface area contributed by atoms with Crippen molar-refractivity contribution >= 4 is 17.3 Å². The molecular weight excluding hydrogens is 272 g/mol. The Bertz CT molecular complexity index is 776. The highest BCUT2D eigenvalue weighted by atomic mass is 16.6. The average Bonchev–Trinajstić information content (AvgIpc) is 2.53. The maximum Gasteiger partial charge on any atom is 0.270 e. The van der Waals surface area contributed by atoms with E-state index < -0.39 is 16.5 Å². The van der Waals surface area contributed by atoms with Crippen LogP contribution in [-0.2, 0) is 0 Å². The zero-order valence-corrected chi connectivity index (χ0v) is 10.6. The highest BCUT2D eigenvalue weighted by molar-refractivity contribution is 6.49. The molecule has 0 atom stereocenters. The summed E-state index contributed by atoms with van der Waals surface area (Å²) in [7, 11) is 0. The molecule has 6 heteroatoms. The Morgan fingerprint density at radius 3 is 2.29 bits per heavy atom. The van der Waals surface area contributed by atoms with Crippen LogP contribution in [0, 0.1) is 21.4 Å². The van der Waals surface area contributed by atoms with Gasteiger partial charge in [-0.3, -0.25) is 19.7 Å². The number of rotatable bonds is 4. The maximum atomic E-state index is 12.1. The van der Waals surface area contributed by atoms with Crippen LogP contribution in [0.15, 0.2) is 48.5 Å². The Labute approximate surface area is 119 Å². The lowest BCUT2D eigenvalue weighted by atomic mass is 9.97. The third-order valence-electron chi connectivity index (χ3n) is 2.82. The summed E-state index contributed by atoms with van der Waals surface area (Å²) in [6.07, 6.45) is 0. The molecule has 0 saturated heterocycles. The number of nitro groups is 1. The molecule has 0 radical (unpaired) electrons. The summed E-state index contributed by atoms with van der Waals surface area (Å²) < 4.78 is 0. The van der Waals surface area contributed by atoms with Gasteiger partial charge < -0.3 is 0 Å². The molecule has 0 spiro atoms. The fraction of sp³-hybridized carbons (Fsp3) is 0. The summed E-state index contributed by atoms with van der Waals surface area (Å²) in [5, 5.41) is 19.6. The van der Waals surface area contributed by atoms with Gasteiger partial charge >= 0.3 is 0 Å². The van der Waals surface area contributed by atoms with Gasteiger partial charge in [0.25, 0.3) is 5.69 Å². The predicted octanol–water partition coefficient (Wildman–Crippen LogP) is 2.53. The molecule has 102 valence electrons. The Morgan fingerprint density at radius 2 is 1.71 bits per heavy atom. The van der Waals surface area contributed by atoms with Crippen molar-refractivity contribution in [1.29, 1.82) is 5.26 Å². The molecule has 0 aliphatic carbocycles. The predicted molar refractivity (Wildman–Crippen MR) is 72.9 cm³/mol. The Morgan fingerprint density at radius 1 is 1.05 bits per heavy atom. The van der Waals surface area contributed by atoms with Crippen LogP contribution in [-0.4, -0.2) is 16.5 Å². The first-order valence-corrected chi connectivity index (χ1v) is 5.87. The number of ketones is 2. The summed E-state index contributed by atoms with van der Waals surface area (Å²) in [5.74, 6) is -1.63. The molecule has 0 bridgehead atoms. The fourth-order valence-electron chi connectivity index (χ4n) is 1.78. The maximum absolute atomic E-state index is 12.1. The Hall–Kier alpha value is -3.33. The first-order valence-electron chi connectivity index (χ1n) is 5.87. The molecule has 2 aromatic rings. The highest BCUT2D eigenvalue weighted by Gasteiger charge is 2.22. The van der Waals surface area contributed by atoms with Crippen molar-refractivity contribution in [2.75, 3.05) is 0 Å². The number of carbonyl (C=O) groups excluding carboxylic acids is 2. The minimum atomic E-state index is -0.868. The quantitative estimate of drug-likeness (QED) is 0.370. The summed E-state index contributed by atoms with van der Waals surface area (Å²) in [5.41, 5.74) is -0.449. The minimum absolute atomic E-state index is 0.142. The molecule has 6 nitrogen and oxygen atoms in total. The van der Waals surface area contributed by atoms with Crippen molar-refractivity contribution in [1.82, 2.24) is 0 Å². The monoisotopic (exact) mass is 280 g/mol. The van der Waals surface area contributed by atoms with Crippen molar-refractivity contribution in [2.45, 2.75) is 0 Å². The second-order valence-electron chi connectivity index (χ2n) is 4.12. The van der Waals surface area contributed by atoms with Gasteiger partial charge in [-0.1, -0.05) is 30.3 Å². The van der Waals surface area contributed by atoms with Crippen LogP contribution in [0.1, 0.15) is 26.3 Å². The number of hydrogen-bond donors (Lipinski definition) is 0. The molecule has 0 aliphatic heterocycles. The van der Waals surface area contributed by atoms with Crippen molar-refractivity contribution in [2.24, 2.45) is 0 Å². The standard InChI is InChI=1S/C15H8N2O4/c16-9-11-8-12(17(20)21)6-7-13(11)15(19)14(18)10-4-2-1-3-5-10/h1-8H. The summed E-state index contributed by atoms with van der Waals surface area (Å²) in [6.45, 7) is 0. The van der Waals surface area contributed by atoms with Crippen LogP contribution >= 0.6 is 0 Å². The van der Waals surface area contributed by atoms with Crippen LogP contribution in [0.25, 0.3) is 0 Å². The number of hydrogen-bond acceptors (Lipinski definition) is 5. The van der Waals surface area contributed by atoms with Crippen LogP contribution in [0.2, 0.25) is 0 Å². The zero-order chi connectivity index (χ0) is 15.4. The topological polar surface area (TPSA) is 101 Å². The Kier molecular flexibility index (Phi) is 3.86. The second-order valence-corrected chi connectivity index (χ2v) is 4.12. The van der Waals surface area contributed by atoms with Gasteiger partial charge in [-0.2, -0.15) is 5.26 Å². The third-order valence-corrected chi connectivity index (χ3v) is 2.82. The number of nitrogens with zero attached hydrogens (tertiary/aromatic N) is 2. The van der Waals surface area contributed by atoms with Crippen LogP contribution in [0.4, 0.5) is 5.69 Å². The number of Topliss-reactive ketones (excluding diaryl/α,β-unsaturated/α-hetero) is 2. The van der Waals surface area contributed by atoms with Gasteiger partial charge in [-0.25, -0.2) is 0 Å². The molecule has 2 rings (SSSR count). The molecule has 0 aromatic heterocycles. The summed E-state index contributed by atoms with van der Waals surface area (Å²) >= 11 is 0. The highest BCUT2D eigenvalue weighted by Crippen LogP contribution is 2.19. The van der Waals surface area contributed by atoms with Crippen molar-refractivity contribution in [3.8, 4) is 6.07 Å². The van der Waals surface area contributed by atoms with E-state index in [-0.39, 0.29) is 22.4 Å². The molecule has 0 saturated carbocycles. The number of nitriles is 1. The molecule has 0 unspecified atom stereocenters. The average molecular weight is 280 g/mol. The van der Waals surface area contributed by atoms with Gasteiger partial charge in [0.05, 0.1) is 10.5 Å². The van der Waals surface area contributed by atoms with E-state index in [4.69, 9.17) is 5.26 Å². The van der Waals surface area contributed by atoms with Gasteiger partial charge in [0.15, 0.2) is 0 Å². The number of benzene rings is 2. The SMILES string of the molecule is N#Cc1cc([N+](=O)[O-])ccc1C(=O)C(=O)c1ccccc1. The fourth-order valence-corrected chi connectivity index (χ4v) is 1.78. The third kappa shape index (κ3) is 2.82. The first kappa shape index (κ1) is 14.1. The minimum Gasteiger partial charge on any atom is -0.285 e. The van der Waals surface area contributed by atoms with E-state index in [1.54, 1.807) is 24.3 Å². The number of non-ortho nitro benzene ring substituents is 1. The lowest BCUT2D eigenvalue weighted by Gasteiger charge is -2.03. The number of carbonyl (C=O) groups is 2. The van der Waals surface area contributed by atoms with Crippen LogP contribution in [0.3, 0.4) is 0 Å². The first-order chi connectivity index (χ1) is 10.0. The molecule has 2 aromatic carbocycles. The zero-order valence-electron chi connectivity index (χ0n) is 10.6. The van der Waals surface area contributed by atoms with Gasteiger partial charge in [-0.15, -0.1) is 0 Å². The molecule has 0 fully saturated rings. The largest absolute Gasteiger partial charge is 0.285 e. The van der Waals surface area contributed by atoms with Crippen LogP contribution in [0.5, 0.6) is 0 Å². The van der Waals surface area contributed by atoms with E-state index in [1.807, 2.05) is 0 Å². The smallest absolute Gasteiger partial charge is 0.270 e. The van der Waals surface area contributed by atoms with Gasteiger partial charge in [-0.05, 0) is 6.07 Å². The van der Waals surface area contributed by atoms with E-state index in [9.17, 15) is 19.7 Å². The lowest BCUT2D eigenvalue weighted by molar-refractivity contribution is -0.384. The molecule has 0 heterocycles. The second kappa shape index (κ2) is 5.75. The van der Waals surface area contributed by atoms with Gasteiger partial charge in [0.1, 0.15) is 6.07 Å². The van der Waals surface area contributed by atoms with E-state index in [0.717, 1.165) is 18.2 Å². The summed E-state index contributed by atoms with van der Waals surface area (Å²) in [4.78, 5) is 34.2. The van der Waals surface area contributed by atoms with Crippen LogP contribution < -0.4 is 0 Å². The molecule has 0 amide bonds. The molecule has 21 heavy (non-hydrogen) atoms. The Balaban J connectivity index is 2.43. The van der Waals surface area contributed by atoms with E-state index in [0.29, 0.717) is 0 Å². The molecular formula is C15H8N2O4. The van der Waals surface area contributed by atoms with Crippen molar-refractivity contribution < 1.29 is 14.5 Å². The van der Waals surface area contributed by atoms with Crippen molar-refractivity contribution in [3.05, 3.63) is 75.3 Å².